The highest BCUT2D eigenvalue weighted by molar-refractivity contribution is 5.42. The molecular weight excluding hydrogens is 362 g/mol. The zero-order chi connectivity index (χ0) is 20.5. The van der Waals surface area contributed by atoms with Crippen molar-refractivity contribution in [2.75, 3.05) is 33.9 Å². The van der Waals surface area contributed by atoms with E-state index < -0.39 is 0 Å². The standard InChI is InChI=1S/C25H41NO3/c1-4-5-17-29-22-15-16-26(19-22)23-12-7-6-10-21(23)11-8-9-20-13-14-24(27-2)25(18-20)28-3/h13-14,18,21-23H,4-12,15-17,19H2,1-3H3/t21-,22-,23?/m0/s1. The van der Waals surface area contributed by atoms with Gasteiger partial charge in [0.05, 0.1) is 20.3 Å². The normalized spacial score (nSPS) is 25.3. The Kier molecular flexibility index (Phi) is 9.13. The van der Waals surface area contributed by atoms with Crippen LogP contribution in [0.5, 0.6) is 11.5 Å². The SMILES string of the molecule is CCCCO[C@H]1CCN(C2CCCC[C@H]2CCCc2ccc(OC)c(OC)c2)C1. The Labute approximate surface area is 177 Å². The zero-order valence-electron chi connectivity index (χ0n) is 18.8. The van der Waals surface area contributed by atoms with Gasteiger partial charge < -0.3 is 14.2 Å². The van der Waals surface area contributed by atoms with Crippen LogP contribution in [0.3, 0.4) is 0 Å². The van der Waals surface area contributed by atoms with Crippen molar-refractivity contribution in [3.63, 3.8) is 0 Å². The molecule has 0 bridgehead atoms. The van der Waals surface area contributed by atoms with Gasteiger partial charge in [-0.2, -0.15) is 0 Å². The predicted octanol–water partition coefficient (Wildman–Crippen LogP) is 5.48. The van der Waals surface area contributed by atoms with Crippen LogP contribution in [0.1, 0.15) is 70.3 Å². The predicted molar refractivity (Wildman–Crippen MR) is 119 cm³/mol. The van der Waals surface area contributed by atoms with Crippen molar-refractivity contribution in [3.8, 4) is 11.5 Å². The van der Waals surface area contributed by atoms with E-state index in [1.165, 1.54) is 69.9 Å². The number of benzene rings is 1. The first-order chi connectivity index (χ1) is 14.2. The maximum atomic E-state index is 6.12. The summed E-state index contributed by atoms with van der Waals surface area (Å²) in [4.78, 5) is 2.76. The lowest BCUT2D eigenvalue weighted by Crippen LogP contribution is -2.41. The van der Waals surface area contributed by atoms with Gasteiger partial charge in [-0.15, -0.1) is 0 Å². The van der Waals surface area contributed by atoms with Gasteiger partial charge in [0.1, 0.15) is 0 Å². The molecule has 0 aromatic heterocycles. The molecule has 3 atom stereocenters. The maximum absolute atomic E-state index is 6.12. The average molecular weight is 404 g/mol. The summed E-state index contributed by atoms with van der Waals surface area (Å²) in [6.07, 6.45) is 13.4. The quantitative estimate of drug-likeness (QED) is 0.458. The van der Waals surface area contributed by atoms with E-state index in [4.69, 9.17) is 14.2 Å². The van der Waals surface area contributed by atoms with Crippen molar-refractivity contribution in [3.05, 3.63) is 23.8 Å². The lowest BCUT2D eigenvalue weighted by Gasteiger charge is -2.38. The Hall–Kier alpha value is -1.26. The van der Waals surface area contributed by atoms with Crippen LogP contribution in [-0.4, -0.2) is 51.0 Å². The second-order valence-corrected chi connectivity index (χ2v) is 8.82. The third kappa shape index (κ3) is 6.36. The first kappa shape index (κ1) is 22.4. The number of methoxy groups -OCH3 is 2. The highest BCUT2D eigenvalue weighted by Gasteiger charge is 2.34. The monoisotopic (exact) mass is 403 g/mol. The number of ether oxygens (including phenoxy) is 3. The first-order valence-corrected chi connectivity index (χ1v) is 11.8. The maximum Gasteiger partial charge on any atom is 0.160 e. The summed E-state index contributed by atoms with van der Waals surface area (Å²) >= 11 is 0. The van der Waals surface area contributed by atoms with Crippen LogP contribution in [0, 0.1) is 5.92 Å². The van der Waals surface area contributed by atoms with Crippen LogP contribution >= 0.6 is 0 Å². The van der Waals surface area contributed by atoms with Gasteiger partial charge in [0.2, 0.25) is 0 Å². The molecule has 1 unspecified atom stereocenters. The minimum Gasteiger partial charge on any atom is -0.493 e. The van der Waals surface area contributed by atoms with Crippen LogP contribution in [-0.2, 0) is 11.2 Å². The molecule has 2 fully saturated rings. The number of nitrogens with zero attached hydrogens (tertiary/aromatic N) is 1. The van der Waals surface area contributed by atoms with Crippen LogP contribution in [0.2, 0.25) is 0 Å². The molecule has 1 heterocycles. The van der Waals surface area contributed by atoms with Crippen LogP contribution in [0.25, 0.3) is 0 Å². The molecule has 1 aliphatic carbocycles. The number of unbranched alkanes of at least 4 members (excludes halogenated alkanes) is 1. The number of likely N-dealkylation sites (tertiary alicyclic amines) is 1. The van der Waals surface area contributed by atoms with Gasteiger partial charge in [0, 0.05) is 25.7 Å². The summed E-state index contributed by atoms with van der Waals surface area (Å²) < 4.78 is 16.9. The van der Waals surface area contributed by atoms with Crippen molar-refractivity contribution in [2.24, 2.45) is 5.92 Å². The number of rotatable bonds is 11. The van der Waals surface area contributed by atoms with Crippen molar-refractivity contribution in [1.82, 2.24) is 4.90 Å². The topological polar surface area (TPSA) is 30.9 Å². The Bertz CT molecular complexity index is 606. The Morgan fingerprint density at radius 1 is 1.00 bits per heavy atom. The third-order valence-corrected chi connectivity index (χ3v) is 6.85. The van der Waals surface area contributed by atoms with Gasteiger partial charge in [-0.05, 0) is 68.6 Å². The third-order valence-electron chi connectivity index (χ3n) is 6.85. The molecule has 3 rings (SSSR count). The van der Waals surface area contributed by atoms with Gasteiger partial charge >= 0.3 is 0 Å². The summed E-state index contributed by atoms with van der Waals surface area (Å²) in [7, 11) is 3.40. The number of aryl methyl sites for hydroxylation is 1. The molecule has 2 aliphatic rings. The van der Waals surface area contributed by atoms with E-state index in [2.05, 4.69) is 24.0 Å². The summed E-state index contributed by atoms with van der Waals surface area (Å²) in [5.74, 6) is 2.50. The van der Waals surface area contributed by atoms with Crippen molar-refractivity contribution < 1.29 is 14.2 Å². The molecule has 1 saturated carbocycles. The minimum absolute atomic E-state index is 0.468. The lowest BCUT2D eigenvalue weighted by molar-refractivity contribution is 0.0438. The van der Waals surface area contributed by atoms with Gasteiger partial charge in [-0.1, -0.05) is 32.3 Å². The molecular formula is C25H41NO3. The Balaban J connectivity index is 1.48. The molecule has 0 spiro atoms. The van der Waals surface area contributed by atoms with E-state index in [9.17, 15) is 0 Å². The highest BCUT2D eigenvalue weighted by atomic mass is 16.5. The minimum atomic E-state index is 0.468. The van der Waals surface area contributed by atoms with Crippen molar-refractivity contribution in [1.29, 1.82) is 0 Å². The molecule has 1 aliphatic heterocycles. The molecule has 1 aromatic carbocycles. The molecule has 1 aromatic rings. The molecule has 1 saturated heterocycles. The number of hydrogen-bond donors (Lipinski definition) is 0. The van der Waals surface area contributed by atoms with Gasteiger partial charge in [0.15, 0.2) is 11.5 Å². The van der Waals surface area contributed by atoms with Crippen molar-refractivity contribution in [2.45, 2.75) is 83.3 Å². The fraction of sp³-hybridized carbons (Fsp3) is 0.760. The fourth-order valence-corrected chi connectivity index (χ4v) is 5.20. The Morgan fingerprint density at radius 3 is 2.62 bits per heavy atom. The molecule has 164 valence electrons. The van der Waals surface area contributed by atoms with Gasteiger partial charge in [-0.3, -0.25) is 4.90 Å². The first-order valence-electron chi connectivity index (χ1n) is 11.8. The van der Waals surface area contributed by atoms with Crippen LogP contribution in [0.4, 0.5) is 0 Å². The van der Waals surface area contributed by atoms with E-state index in [1.807, 2.05) is 6.07 Å². The Morgan fingerprint density at radius 2 is 1.83 bits per heavy atom. The molecule has 4 nitrogen and oxygen atoms in total. The second-order valence-electron chi connectivity index (χ2n) is 8.82. The summed E-state index contributed by atoms with van der Waals surface area (Å²) in [5, 5.41) is 0. The molecule has 0 radical (unpaired) electrons. The van der Waals surface area contributed by atoms with Gasteiger partial charge in [0.25, 0.3) is 0 Å². The highest BCUT2D eigenvalue weighted by Crippen LogP contribution is 2.35. The van der Waals surface area contributed by atoms with Crippen molar-refractivity contribution >= 4 is 0 Å². The summed E-state index contributed by atoms with van der Waals surface area (Å²) in [6.45, 7) is 5.56. The fourth-order valence-electron chi connectivity index (χ4n) is 5.20. The van der Waals surface area contributed by atoms with E-state index in [1.54, 1.807) is 14.2 Å². The van der Waals surface area contributed by atoms with E-state index in [0.717, 1.165) is 43.0 Å². The van der Waals surface area contributed by atoms with Crippen LogP contribution < -0.4 is 9.47 Å². The lowest BCUT2D eigenvalue weighted by atomic mass is 9.80. The molecule has 0 amide bonds. The van der Waals surface area contributed by atoms with E-state index in [0.29, 0.717) is 6.10 Å². The summed E-state index contributed by atoms with van der Waals surface area (Å²) in [5.41, 5.74) is 1.35. The molecule has 0 N–H and O–H groups in total. The number of hydrogen-bond acceptors (Lipinski definition) is 4. The average Bonchev–Trinajstić information content (AvgIpc) is 3.23. The molecule has 29 heavy (non-hydrogen) atoms. The molecule has 4 heteroatoms. The largest absolute Gasteiger partial charge is 0.493 e. The van der Waals surface area contributed by atoms with E-state index in [-0.39, 0.29) is 0 Å². The smallest absolute Gasteiger partial charge is 0.160 e. The van der Waals surface area contributed by atoms with E-state index >= 15 is 0 Å². The second kappa shape index (κ2) is 11.8. The van der Waals surface area contributed by atoms with Crippen LogP contribution in [0.15, 0.2) is 18.2 Å². The zero-order valence-corrected chi connectivity index (χ0v) is 18.8. The van der Waals surface area contributed by atoms with Gasteiger partial charge in [-0.25, -0.2) is 0 Å². The summed E-state index contributed by atoms with van der Waals surface area (Å²) in [6, 6.07) is 7.11.